The van der Waals surface area contributed by atoms with Crippen LogP contribution in [0.15, 0.2) is 12.4 Å². The van der Waals surface area contributed by atoms with Gasteiger partial charge in [-0.3, -0.25) is 4.79 Å². The standard InChI is InChI=1S/C25H37N5O/c1-17(31)19-9-25(10-19)11-23(12-25)29-7-5-18(6-8-29)20-13-26-24(27-14-20)30-21-3-4-22(30)16-28(2)15-21/h13-14,18-19,21-23H,3-12,15-16H2,1-2H3/t19-,21?,22?,23-,25?. The number of hydrogen-bond acceptors (Lipinski definition) is 6. The molecule has 3 aliphatic heterocycles. The molecule has 168 valence electrons. The summed E-state index contributed by atoms with van der Waals surface area (Å²) in [6.45, 7) is 6.44. The summed E-state index contributed by atoms with van der Waals surface area (Å²) >= 11 is 0. The maximum absolute atomic E-state index is 11.5. The number of hydrogen-bond donors (Lipinski definition) is 0. The van der Waals surface area contributed by atoms with E-state index in [2.05, 4.69) is 34.1 Å². The van der Waals surface area contributed by atoms with E-state index in [-0.39, 0.29) is 0 Å². The van der Waals surface area contributed by atoms with Crippen molar-refractivity contribution in [2.75, 3.05) is 38.1 Å². The average molecular weight is 424 g/mol. The van der Waals surface area contributed by atoms with Crippen LogP contribution >= 0.6 is 0 Å². The molecular formula is C25H37N5O. The summed E-state index contributed by atoms with van der Waals surface area (Å²) in [5, 5.41) is 0. The fourth-order valence-corrected chi connectivity index (χ4v) is 7.52. The largest absolute Gasteiger partial charge is 0.332 e. The summed E-state index contributed by atoms with van der Waals surface area (Å²) in [5.41, 5.74) is 1.86. The molecule has 6 heteroatoms. The Hall–Kier alpha value is -1.53. The molecule has 2 unspecified atom stereocenters. The molecule has 2 saturated carbocycles. The van der Waals surface area contributed by atoms with Crippen LogP contribution in [0, 0.1) is 11.3 Å². The Bertz CT molecular complexity index is 805. The van der Waals surface area contributed by atoms with Crippen LogP contribution < -0.4 is 4.90 Å². The number of aromatic nitrogens is 2. The third-order valence-electron chi connectivity index (χ3n) is 9.34. The lowest BCUT2D eigenvalue weighted by Gasteiger charge is -2.60. The monoisotopic (exact) mass is 423 g/mol. The molecule has 3 saturated heterocycles. The van der Waals surface area contributed by atoms with Gasteiger partial charge >= 0.3 is 0 Å². The van der Waals surface area contributed by atoms with E-state index in [0.29, 0.717) is 35.1 Å². The number of carbonyl (C=O) groups is 1. The lowest BCUT2D eigenvalue weighted by Crippen LogP contribution is -2.58. The highest BCUT2D eigenvalue weighted by atomic mass is 16.1. The predicted molar refractivity (Wildman–Crippen MR) is 121 cm³/mol. The maximum atomic E-state index is 11.5. The number of rotatable bonds is 4. The second kappa shape index (κ2) is 7.51. The van der Waals surface area contributed by atoms with Crippen molar-refractivity contribution in [2.45, 2.75) is 82.3 Å². The minimum atomic E-state index is 0.371. The molecule has 5 aliphatic rings. The first-order valence-electron chi connectivity index (χ1n) is 12.5. The molecule has 5 fully saturated rings. The molecule has 2 atom stereocenters. The normalized spacial score (nSPS) is 38.8. The summed E-state index contributed by atoms with van der Waals surface area (Å²) < 4.78 is 0. The van der Waals surface area contributed by atoms with Gasteiger partial charge in [0.25, 0.3) is 0 Å². The van der Waals surface area contributed by atoms with E-state index < -0.39 is 0 Å². The molecule has 4 heterocycles. The van der Waals surface area contributed by atoms with E-state index in [1.54, 1.807) is 6.92 Å². The summed E-state index contributed by atoms with van der Waals surface area (Å²) in [4.78, 5) is 28.9. The van der Waals surface area contributed by atoms with Gasteiger partial charge in [0, 0.05) is 49.5 Å². The van der Waals surface area contributed by atoms with Crippen molar-refractivity contribution in [2.24, 2.45) is 11.3 Å². The number of likely N-dealkylation sites (N-methyl/N-ethyl adjacent to an activating group) is 1. The van der Waals surface area contributed by atoms with Crippen molar-refractivity contribution < 1.29 is 4.79 Å². The van der Waals surface area contributed by atoms with Gasteiger partial charge in [-0.25, -0.2) is 9.97 Å². The molecule has 6 rings (SSSR count). The SMILES string of the molecule is CC(=O)[C@H]1CC2(C1)C[C@H](N1CCC(c3cnc(N4C5CCC4CN(C)C5)nc3)CC1)C2. The lowest BCUT2D eigenvalue weighted by atomic mass is 9.49. The van der Waals surface area contributed by atoms with Crippen molar-refractivity contribution in [3.05, 3.63) is 18.0 Å². The van der Waals surface area contributed by atoms with Gasteiger partial charge in [0.2, 0.25) is 5.95 Å². The third kappa shape index (κ3) is 3.50. The molecule has 6 nitrogen and oxygen atoms in total. The van der Waals surface area contributed by atoms with Gasteiger partial charge in [0.15, 0.2) is 0 Å². The number of fused-ring (bicyclic) bond motifs is 2. The predicted octanol–water partition coefficient (Wildman–Crippen LogP) is 3.09. The van der Waals surface area contributed by atoms with E-state index in [1.165, 1.54) is 57.2 Å². The van der Waals surface area contributed by atoms with E-state index in [4.69, 9.17) is 9.97 Å². The summed E-state index contributed by atoms with van der Waals surface area (Å²) in [5.74, 6) is 2.33. The Balaban J connectivity index is 1.01. The number of anilines is 1. The van der Waals surface area contributed by atoms with Gasteiger partial charge in [-0.1, -0.05) is 0 Å². The highest BCUT2D eigenvalue weighted by Crippen LogP contribution is 2.60. The number of nitrogens with zero attached hydrogens (tertiary/aromatic N) is 5. The Morgan fingerprint density at radius 1 is 0.935 bits per heavy atom. The molecule has 2 aliphatic carbocycles. The van der Waals surface area contributed by atoms with Gasteiger partial charge in [0.1, 0.15) is 5.78 Å². The van der Waals surface area contributed by atoms with Crippen LogP contribution in [0.2, 0.25) is 0 Å². The molecule has 1 aromatic rings. The zero-order chi connectivity index (χ0) is 21.2. The van der Waals surface area contributed by atoms with Crippen molar-refractivity contribution in [1.82, 2.24) is 19.8 Å². The maximum Gasteiger partial charge on any atom is 0.225 e. The number of piperidine rings is 1. The van der Waals surface area contributed by atoms with E-state index >= 15 is 0 Å². The number of Topliss-reactive ketones (excluding diaryl/α,β-unsaturated/α-hetero) is 1. The number of carbonyl (C=O) groups excluding carboxylic acids is 1. The summed E-state index contributed by atoms with van der Waals surface area (Å²) in [6, 6.07) is 1.94. The zero-order valence-corrected chi connectivity index (χ0v) is 19.2. The number of piperazine rings is 1. The van der Waals surface area contributed by atoms with Crippen LogP contribution in [0.1, 0.15) is 69.8 Å². The van der Waals surface area contributed by atoms with E-state index in [9.17, 15) is 4.79 Å². The number of likely N-dealkylation sites (tertiary alicyclic amines) is 2. The molecule has 1 spiro atoms. The highest BCUT2D eigenvalue weighted by Gasteiger charge is 2.55. The molecule has 0 radical (unpaired) electrons. The van der Waals surface area contributed by atoms with Gasteiger partial charge in [0.05, 0.1) is 0 Å². The Labute approximate surface area is 186 Å². The zero-order valence-electron chi connectivity index (χ0n) is 19.2. The van der Waals surface area contributed by atoms with Crippen molar-refractivity contribution in [3.8, 4) is 0 Å². The quantitative estimate of drug-likeness (QED) is 0.742. The molecule has 0 N–H and O–H groups in total. The fourth-order valence-electron chi connectivity index (χ4n) is 7.52. The first-order valence-corrected chi connectivity index (χ1v) is 12.5. The van der Waals surface area contributed by atoms with Gasteiger partial charge in [-0.05, 0) is 95.3 Å². The third-order valence-corrected chi connectivity index (χ3v) is 9.34. The minimum Gasteiger partial charge on any atom is -0.332 e. The molecular weight excluding hydrogens is 386 g/mol. The molecule has 0 aromatic carbocycles. The minimum absolute atomic E-state index is 0.371. The average Bonchev–Trinajstić information content (AvgIpc) is 2.97. The molecule has 2 bridgehead atoms. The van der Waals surface area contributed by atoms with Gasteiger partial charge in [-0.15, -0.1) is 0 Å². The van der Waals surface area contributed by atoms with Crippen LogP contribution in [0.5, 0.6) is 0 Å². The molecule has 31 heavy (non-hydrogen) atoms. The van der Waals surface area contributed by atoms with Crippen molar-refractivity contribution in [3.63, 3.8) is 0 Å². The van der Waals surface area contributed by atoms with Crippen LogP contribution in [0.25, 0.3) is 0 Å². The second-order valence-corrected chi connectivity index (χ2v) is 11.4. The Morgan fingerprint density at radius 3 is 2.13 bits per heavy atom. The highest BCUT2D eigenvalue weighted by molar-refractivity contribution is 5.79. The van der Waals surface area contributed by atoms with E-state index in [1.807, 2.05) is 0 Å². The van der Waals surface area contributed by atoms with Crippen LogP contribution in [-0.4, -0.2) is 76.9 Å². The fraction of sp³-hybridized carbons (Fsp3) is 0.800. The smallest absolute Gasteiger partial charge is 0.225 e. The lowest BCUT2D eigenvalue weighted by molar-refractivity contribution is -0.139. The summed E-state index contributed by atoms with van der Waals surface area (Å²) in [7, 11) is 2.23. The molecule has 1 aromatic heterocycles. The van der Waals surface area contributed by atoms with Crippen molar-refractivity contribution in [1.29, 1.82) is 0 Å². The van der Waals surface area contributed by atoms with Gasteiger partial charge in [-0.2, -0.15) is 0 Å². The molecule has 0 amide bonds. The van der Waals surface area contributed by atoms with Crippen LogP contribution in [0.4, 0.5) is 5.95 Å². The first-order chi connectivity index (χ1) is 15.0. The topological polar surface area (TPSA) is 52.6 Å². The van der Waals surface area contributed by atoms with E-state index in [0.717, 1.165) is 37.9 Å². The second-order valence-electron chi connectivity index (χ2n) is 11.4. The Kier molecular flexibility index (Phi) is 4.87. The first kappa shape index (κ1) is 20.1. The number of ketones is 1. The Morgan fingerprint density at radius 2 is 1.55 bits per heavy atom. The van der Waals surface area contributed by atoms with Crippen molar-refractivity contribution >= 4 is 11.7 Å². The van der Waals surface area contributed by atoms with Gasteiger partial charge < -0.3 is 14.7 Å². The van der Waals surface area contributed by atoms with Crippen LogP contribution in [-0.2, 0) is 4.79 Å². The van der Waals surface area contributed by atoms with Crippen LogP contribution in [0.3, 0.4) is 0 Å². The summed E-state index contributed by atoms with van der Waals surface area (Å²) in [6.07, 6.45) is 14.2.